The first kappa shape index (κ1) is 24.5. The molecule has 0 saturated carbocycles. The van der Waals surface area contributed by atoms with Gasteiger partial charge in [-0.3, -0.25) is 14.4 Å². The number of primary amides is 1. The van der Waals surface area contributed by atoms with Crippen LogP contribution in [0.5, 0.6) is 0 Å². The van der Waals surface area contributed by atoms with Crippen LogP contribution in [0.4, 0.5) is 10.1 Å². The molecule has 0 saturated heterocycles. The van der Waals surface area contributed by atoms with Crippen molar-refractivity contribution in [1.82, 2.24) is 5.32 Å². The molecular formula is C23H26FN3O5. The fourth-order valence-electron chi connectivity index (χ4n) is 2.85. The Balaban J connectivity index is 2.05. The molecule has 3 amide bonds. The van der Waals surface area contributed by atoms with Gasteiger partial charge in [-0.25, -0.2) is 9.18 Å². The van der Waals surface area contributed by atoms with E-state index < -0.39 is 42.2 Å². The Bertz CT molecular complexity index is 948. The number of benzene rings is 2. The molecule has 2 aromatic rings. The summed E-state index contributed by atoms with van der Waals surface area (Å²) in [5, 5.41) is 2.62. The third-order valence-corrected chi connectivity index (χ3v) is 4.60. The van der Waals surface area contributed by atoms with Gasteiger partial charge in [0.15, 0.2) is 6.61 Å². The molecule has 0 aliphatic heterocycles. The second kappa shape index (κ2) is 11.6. The highest BCUT2D eigenvalue weighted by Crippen LogP contribution is 2.16. The largest absolute Gasteiger partial charge is 0.454 e. The van der Waals surface area contributed by atoms with Crippen LogP contribution in [0.3, 0.4) is 0 Å². The summed E-state index contributed by atoms with van der Waals surface area (Å²) in [4.78, 5) is 50.0. The van der Waals surface area contributed by atoms with Gasteiger partial charge in [-0.2, -0.15) is 0 Å². The zero-order valence-electron chi connectivity index (χ0n) is 17.9. The van der Waals surface area contributed by atoms with Crippen LogP contribution in [-0.2, 0) is 19.1 Å². The molecule has 2 rings (SSSR count). The molecule has 2 aromatic carbocycles. The highest BCUT2D eigenvalue weighted by molar-refractivity contribution is 5.98. The normalized spacial score (nSPS) is 11.5. The molecule has 3 N–H and O–H groups in total. The fourth-order valence-corrected chi connectivity index (χ4v) is 2.85. The van der Waals surface area contributed by atoms with E-state index in [1.807, 2.05) is 0 Å². The number of carbonyl (C=O) groups is 4. The maximum absolute atomic E-state index is 13.2. The van der Waals surface area contributed by atoms with E-state index in [1.165, 1.54) is 29.2 Å². The van der Waals surface area contributed by atoms with Gasteiger partial charge in [-0.15, -0.1) is 0 Å². The molecule has 0 fully saturated rings. The summed E-state index contributed by atoms with van der Waals surface area (Å²) < 4.78 is 18.4. The number of anilines is 1. The number of esters is 1. The van der Waals surface area contributed by atoms with Crippen molar-refractivity contribution in [3.8, 4) is 0 Å². The molecule has 0 aromatic heterocycles. The molecule has 170 valence electrons. The lowest BCUT2D eigenvalue weighted by Gasteiger charge is -2.24. The number of nitrogens with two attached hydrogens (primary N) is 1. The Labute approximate surface area is 185 Å². The van der Waals surface area contributed by atoms with Crippen LogP contribution >= 0.6 is 0 Å². The van der Waals surface area contributed by atoms with Crippen molar-refractivity contribution in [3.63, 3.8) is 0 Å². The second-order valence-electron chi connectivity index (χ2n) is 7.41. The van der Waals surface area contributed by atoms with Gasteiger partial charge in [0.1, 0.15) is 11.9 Å². The lowest BCUT2D eigenvalue weighted by atomic mass is 10.0. The van der Waals surface area contributed by atoms with Crippen molar-refractivity contribution in [2.45, 2.75) is 26.3 Å². The van der Waals surface area contributed by atoms with E-state index in [-0.39, 0.29) is 18.9 Å². The van der Waals surface area contributed by atoms with Gasteiger partial charge in [0.2, 0.25) is 5.91 Å². The van der Waals surface area contributed by atoms with Crippen molar-refractivity contribution < 1.29 is 28.3 Å². The van der Waals surface area contributed by atoms with E-state index in [4.69, 9.17) is 10.5 Å². The van der Waals surface area contributed by atoms with Gasteiger partial charge >= 0.3 is 5.97 Å². The Morgan fingerprint density at radius 3 is 2.22 bits per heavy atom. The average Bonchev–Trinajstić information content (AvgIpc) is 2.77. The highest BCUT2D eigenvalue weighted by atomic mass is 19.1. The summed E-state index contributed by atoms with van der Waals surface area (Å²) in [6, 6.07) is 12.5. The molecule has 1 atom stereocenters. The van der Waals surface area contributed by atoms with Crippen LogP contribution in [0.1, 0.15) is 30.6 Å². The van der Waals surface area contributed by atoms with Crippen LogP contribution in [0, 0.1) is 11.7 Å². The maximum atomic E-state index is 13.2. The van der Waals surface area contributed by atoms with Crippen LogP contribution in [-0.4, -0.2) is 42.9 Å². The van der Waals surface area contributed by atoms with Crippen molar-refractivity contribution in [3.05, 3.63) is 66.0 Å². The third-order valence-electron chi connectivity index (χ3n) is 4.60. The minimum atomic E-state index is -0.972. The summed E-state index contributed by atoms with van der Waals surface area (Å²) in [5.74, 6) is -3.24. The molecule has 0 aliphatic rings. The Hall–Kier alpha value is -3.75. The number of amides is 3. The Morgan fingerprint density at radius 1 is 1.03 bits per heavy atom. The SMILES string of the molecule is CC(C)[C@H](NC(=O)c1ccccc1)C(=O)OCC(=O)N(CCC(N)=O)c1ccc(F)cc1. The number of hydrogen-bond acceptors (Lipinski definition) is 5. The first-order valence-corrected chi connectivity index (χ1v) is 10.1. The number of halogens is 1. The summed E-state index contributed by atoms with van der Waals surface area (Å²) >= 11 is 0. The summed E-state index contributed by atoms with van der Waals surface area (Å²) in [5.41, 5.74) is 5.88. The van der Waals surface area contributed by atoms with Crippen molar-refractivity contribution >= 4 is 29.4 Å². The average molecular weight is 443 g/mol. The summed E-state index contributed by atoms with van der Waals surface area (Å²) in [7, 11) is 0. The molecular weight excluding hydrogens is 417 g/mol. The van der Waals surface area contributed by atoms with Gasteiger partial charge in [0.25, 0.3) is 11.8 Å². The molecule has 0 radical (unpaired) electrons. The monoisotopic (exact) mass is 443 g/mol. The molecule has 0 unspecified atom stereocenters. The Morgan fingerprint density at radius 2 is 1.66 bits per heavy atom. The first-order valence-electron chi connectivity index (χ1n) is 10.1. The predicted octanol–water partition coefficient (Wildman–Crippen LogP) is 2.03. The van der Waals surface area contributed by atoms with Gasteiger partial charge in [-0.1, -0.05) is 32.0 Å². The zero-order valence-corrected chi connectivity index (χ0v) is 17.9. The number of nitrogens with one attached hydrogen (secondary N) is 1. The molecule has 9 heteroatoms. The fraction of sp³-hybridized carbons (Fsp3) is 0.304. The zero-order chi connectivity index (χ0) is 23.7. The quantitative estimate of drug-likeness (QED) is 0.545. The minimum absolute atomic E-state index is 0.0598. The summed E-state index contributed by atoms with van der Waals surface area (Å²) in [6.45, 7) is 2.78. The second-order valence-corrected chi connectivity index (χ2v) is 7.41. The van der Waals surface area contributed by atoms with Crippen LogP contribution in [0.2, 0.25) is 0 Å². The minimum Gasteiger partial charge on any atom is -0.454 e. The van der Waals surface area contributed by atoms with Crippen molar-refractivity contribution in [2.75, 3.05) is 18.1 Å². The maximum Gasteiger partial charge on any atom is 0.329 e. The predicted molar refractivity (Wildman–Crippen MR) is 116 cm³/mol. The number of carbonyl (C=O) groups excluding carboxylic acids is 4. The Kier molecular flexibility index (Phi) is 8.88. The van der Waals surface area contributed by atoms with E-state index in [9.17, 15) is 23.6 Å². The van der Waals surface area contributed by atoms with Gasteiger partial charge in [-0.05, 0) is 42.3 Å². The van der Waals surface area contributed by atoms with E-state index >= 15 is 0 Å². The summed E-state index contributed by atoms with van der Waals surface area (Å²) in [6.07, 6.45) is -0.126. The van der Waals surface area contributed by atoms with Crippen LogP contribution in [0.15, 0.2) is 54.6 Å². The number of rotatable bonds is 10. The molecule has 0 bridgehead atoms. The number of nitrogens with zero attached hydrogens (tertiary/aromatic N) is 1. The molecule has 8 nitrogen and oxygen atoms in total. The smallest absolute Gasteiger partial charge is 0.329 e. The first-order chi connectivity index (χ1) is 15.2. The van der Waals surface area contributed by atoms with Gasteiger partial charge in [0, 0.05) is 24.2 Å². The van der Waals surface area contributed by atoms with E-state index in [0.717, 1.165) is 0 Å². The topological polar surface area (TPSA) is 119 Å². The van der Waals surface area contributed by atoms with Crippen LogP contribution < -0.4 is 16.0 Å². The number of hydrogen-bond donors (Lipinski definition) is 2. The molecule has 0 heterocycles. The molecule has 0 spiro atoms. The number of ether oxygens (including phenoxy) is 1. The lowest BCUT2D eigenvalue weighted by Crippen LogP contribution is -2.46. The van der Waals surface area contributed by atoms with E-state index in [0.29, 0.717) is 11.3 Å². The van der Waals surface area contributed by atoms with Crippen molar-refractivity contribution in [2.24, 2.45) is 11.7 Å². The van der Waals surface area contributed by atoms with Gasteiger partial charge in [0.05, 0.1) is 0 Å². The highest BCUT2D eigenvalue weighted by Gasteiger charge is 2.27. The lowest BCUT2D eigenvalue weighted by molar-refractivity contribution is -0.150. The van der Waals surface area contributed by atoms with Crippen LogP contribution in [0.25, 0.3) is 0 Å². The molecule has 32 heavy (non-hydrogen) atoms. The standard InChI is InChI=1S/C23H26FN3O5/c1-15(2)21(26-22(30)16-6-4-3-5-7-16)23(31)32-14-20(29)27(13-12-19(25)28)18-10-8-17(24)9-11-18/h3-11,15,21H,12-14H2,1-2H3,(H2,25,28)(H,26,30)/t21-/m0/s1. The van der Waals surface area contributed by atoms with E-state index in [2.05, 4.69) is 5.32 Å². The van der Waals surface area contributed by atoms with E-state index in [1.54, 1.807) is 44.2 Å². The van der Waals surface area contributed by atoms with Gasteiger partial charge < -0.3 is 20.7 Å². The molecule has 0 aliphatic carbocycles. The third kappa shape index (κ3) is 7.19. The van der Waals surface area contributed by atoms with Crippen molar-refractivity contribution in [1.29, 1.82) is 0 Å².